The van der Waals surface area contributed by atoms with Gasteiger partial charge in [-0.05, 0) is 43.0 Å². The standard InChI is InChI=1S/C20H21N3O2/c1-13-9-10-15-16(12-13)22-19(21-15)18(14-6-3-2-4-7-14)23-20(24)17-8-5-11-25-17/h2-4,6-7,9-10,12,17-18H,5,8,11H2,1H3,(H,21,22)(H,23,24). The molecule has 25 heavy (non-hydrogen) atoms. The zero-order valence-corrected chi connectivity index (χ0v) is 14.2. The Bertz CT molecular complexity index is 882. The summed E-state index contributed by atoms with van der Waals surface area (Å²) < 4.78 is 5.52. The molecule has 0 spiro atoms. The van der Waals surface area contributed by atoms with Gasteiger partial charge in [-0.25, -0.2) is 4.98 Å². The number of hydrogen-bond acceptors (Lipinski definition) is 3. The molecule has 1 saturated heterocycles. The van der Waals surface area contributed by atoms with Crippen LogP contribution in [0.2, 0.25) is 0 Å². The number of nitrogens with one attached hydrogen (secondary N) is 2. The van der Waals surface area contributed by atoms with Crippen molar-refractivity contribution in [2.24, 2.45) is 0 Å². The third kappa shape index (κ3) is 3.28. The minimum atomic E-state index is -0.363. The van der Waals surface area contributed by atoms with E-state index in [1.165, 1.54) is 5.56 Å². The van der Waals surface area contributed by atoms with Crippen LogP contribution in [0.5, 0.6) is 0 Å². The molecule has 0 radical (unpaired) electrons. The first-order valence-corrected chi connectivity index (χ1v) is 8.64. The van der Waals surface area contributed by atoms with Gasteiger partial charge in [0.25, 0.3) is 0 Å². The van der Waals surface area contributed by atoms with Crippen LogP contribution in [0.4, 0.5) is 0 Å². The molecular weight excluding hydrogens is 314 g/mol. The van der Waals surface area contributed by atoms with Gasteiger partial charge in [-0.15, -0.1) is 0 Å². The molecule has 4 rings (SSSR count). The number of carbonyl (C=O) groups is 1. The summed E-state index contributed by atoms with van der Waals surface area (Å²) in [5.74, 6) is 0.654. The first kappa shape index (κ1) is 15.8. The molecule has 1 aliphatic heterocycles. The minimum absolute atomic E-state index is 0.0806. The number of ether oxygens (including phenoxy) is 1. The Balaban J connectivity index is 1.69. The van der Waals surface area contributed by atoms with Crippen LogP contribution in [0.3, 0.4) is 0 Å². The number of fused-ring (bicyclic) bond motifs is 1. The van der Waals surface area contributed by atoms with Crippen molar-refractivity contribution in [3.05, 3.63) is 65.5 Å². The number of aromatic amines is 1. The molecule has 3 aromatic rings. The largest absolute Gasteiger partial charge is 0.368 e. The Morgan fingerprint density at radius 3 is 2.88 bits per heavy atom. The van der Waals surface area contributed by atoms with E-state index < -0.39 is 0 Å². The van der Waals surface area contributed by atoms with Crippen LogP contribution in [-0.2, 0) is 9.53 Å². The Morgan fingerprint density at radius 1 is 1.28 bits per heavy atom. The van der Waals surface area contributed by atoms with Gasteiger partial charge in [0.2, 0.25) is 5.91 Å². The van der Waals surface area contributed by atoms with E-state index >= 15 is 0 Å². The highest BCUT2D eigenvalue weighted by atomic mass is 16.5. The van der Waals surface area contributed by atoms with Crippen LogP contribution >= 0.6 is 0 Å². The van der Waals surface area contributed by atoms with Crippen molar-refractivity contribution >= 4 is 16.9 Å². The van der Waals surface area contributed by atoms with E-state index in [1.54, 1.807) is 0 Å². The first-order valence-electron chi connectivity index (χ1n) is 8.64. The van der Waals surface area contributed by atoms with E-state index in [0.29, 0.717) is 6.61 Å². The molecule has 1 amide bonds. The lowest BCUT2D eigenvalue weighted by atomic mass is 10.1. The Kier molecular flexibility index (Phi) is 4.24. The van der Waals surface area contributed by atoms with Gasteiger partial charge >= 0.3 is 0 Å². The fraction of sp³-hybridized carbons (Fsp3) is 0.300. The van der Waals surface area contributed by atoms with E-state index in [1.807, 2.05) is 49.4 Å². The lowest BCUT2D eigenvalue weighted by molar-refractivity contribution is -0.130. The lowest BCUT2D eigenvalue weighted by Crippen LogP contribution is -2.37. The molecular formula is C20H21N3O2. The van der Waals surface area contributed by atoms with Crippen LogP contribution in [0.1, 0.15) is 35.8 Å². The zero-order chi connectivity index (χ0) is 17.2. The lowest BCUT2D eigenvalue weighted by Gasteiger charge is -2.19. The summed E-state index contributed by atoms with van der Waals surface area (Å²) in [4.78, 5) is 20.7. The summed E-state index contributed by atoms with van der Waals surface area (Å²) in [6.45, 7) is 2.70. The molecule has 0 saturated carbocycles. The average molecular weight is 335 g/mol. The van der Waals surface area contributed by atoms with Gasteiger partial charge in [0.1, 0.15) is 18.0 Å². The number of hydrogen-bond donors (Lipinski definition) is 2. The highest BCUT2D eigenvalue weighted by Crippen LogP contribution is 2.24. The average Bonchev–Trinajstić information content (AvgIpc) is 3.29. The van der Waals surface area contributed by atoms with Gasteiger partial charge in [0, 0.05) is 6.61 Å². The van der Waals surface area contributed by atoms with Crippen LogP contribution in [-0.4, -0.2) is 28.6 Å². The maximum absolute atomic E-state index is 12.6. The molecule has 2 aromatic carbocycles. The third-order valence-electron chi connectivity index (χ3n) is 4.57. The number of nitrogens with zero attached hydrogens (tertiary/aromatic N) is 1. The number of imidazole rings is 1. The van der Waals surface area contributed by atoms with Crippen LogP contribution in [0.15, 0.2) is 48.5 Å². The van der Waals surface area contributed by atoms with Crippen molar-refractivity contribution in [3.8, 4) is 0 Å². The van der Waals surface area contributed by atoms with Crippen molar-refractivity contribution < 1.29 is 9.53 Å². The van der Waals surface area contributed by atoms with Gasteiger partial charge in [-0.1, -0.05) is 36.4 Å². The number of carbonyl (C=O) groups excluding carboxylic acids is 1. The number of rotatable bonds is 4. The van der Waals surface area contributed by atoms with E-state index in [4.69, 9.17) is 9.72 Å². The van der Waals surface area contributed by atoms with Gasteiger partial charge < -0.3 is 15.0 Å². The van der Waals surface area contributed by atoms with Crippen LogP contribution in [0, 0.1) is 6.92 Å². The van der Waals surface area contributed by atoms with E-state index in [2.05, 4.69) is 16.4 Å². The zero-order valence-electron chi connectivity index (χ0n) is 14.2. The molecule has 1 aromatic heterocycles. The smallest absolute Gasteiger partial charge is 0.249 e. The monoisotopic (exact) mass is 335 g/mol. The molecule has 2 N–H and O–H groups in total. The molecule has 0 aliphatic carbocycles. The summed E-state index contributed by atoms with van der Waals surface area (Å²) in [5.41, 5.74) is 4.03. The normalized spacial score (nSPS) is 18.4. The second-order valence-corrected chi connectivity index (χ2v) is 6.50. The third-order valence-corrected chi connectivity index (χ3v) is 4.57. The number of amides is 1. The Hall–Kier alpha value is -2.66. The SMILES string of the molecule is Cc1ccc2nc(C(NC(=O)C3CCCO3)c3ccccc3)[nH]c2c1. The summed E-state index contributed by atoms with van der Waals surface area (Å²) in [6, 6.07) is 15.7. The van der Waals surface area contributed by atoms with Gasteiger partial charge in [-0.2, -0.15) is 0 Å². The predicted molar refractivity (Wildman–Crippen MR) is 96.2 cm³/mol. The van der Waals surface area contributed by atoms with Crippen molar-refractivity contribution in [1.29, 1.82) is 0 Å². The summed E-state index contributed by atoms with van der Waals surface area (Å²) in [6.07, 6.45) is 1.34. The topological polar surface area (TPSA) is 67.0 Å². The molecule has 1 aliphatic rings. The highest BCUT2D eigenvalue weighted by Gasteiger charge is 2.28. The molecule has 128 valence electrons. The van der Waals surface area contributed by atoms with Crippen molar-refractivity contribution in [2.75, 3.05) is 6.61 Å². The fourth-order valence-corrected chi connectivity index (χ4v) is 3.25. The summed E-state index contributed by atoms with van der Waals surface area (Å²) in [5, 5.41) is 3.11. The molecule has 2 heterocycles. The van der Waals surface area contributed by atoms with Gasteiger partial charge in [0.15, 0.2) is 0 Å². The Labute approximate surface area is 146 Å². The number of H-pyrrole nitrogens is 1. The maximum Gasteiger partial charge on any atom is 0.249 e. The van der Waals surface area contributed by atoms with Crippen molar-refractivity contribution in [1.82, 2.24) is 15.3 Å². The van der Waals surface area contributed by atoms with Gasteiger partial charge in [0.05, 0.1) is 11.0 Å². The molecule has 1 fully saturated rings. The van der Waals surface area contributed by atoms with E-state index in [0.717, 1.165) is 35.3 Å². The summed E-state index contributed by atoms with van der Waals surface area (Å²) >= 11 is 0. The quantitative estimate of drug-likeness (QED) is 0.769. The van der Waals surface area contributed by atoms with Crippen LogP contribution < -0.4 is 5.32 Å². The molecule has 2 unspecified atom stereocenters. The second kappa shape index (κ2) is 6.69. The summed E-state index contributed by atoms with van der Waals surface area (Å²) in [7, 11) is 0. The molecule has 0 bridgehead atoms. The molecule has 5 nitrogen and oxygen atoms in total. The maximum atomic E-state index is 12.6. The number of benzene rings is 2. The van der Waals surface area contributed by atoms with Crippen molar-refractivity contribution in [3.63, 3.8) is 0 Å². The predicted octanol–water partition coefficient (Wildman–Crippen LogP) is 3.26. The molecule has 2 atom stereocenters. The van der Waals surface area contributed by atoms with E-state index in [9.17, 15) is 4.79 Å². The number of aryl methyl sites for hydroxylation is 1. The van der Waals surface area contributed by atoms with Crippen LogP contribution in [0.25, 0.3) is 11.0 Å². The highest BCUT2D eigenvalue weighted by molar-refractivity contribution is 5.82. The molecule has 5 heteroatoms. The Morgan fingerprint density at radius 2 is 2.12 bits per heavy atom. The van der Waals surface area contributed by atoms with Crippen molar-refractivity contribution in [2.45, 2.75) is 31.9 Å². The first-order chi connectivity index (χ1) is 12.2. The van der Waals surface area contributed by atoms with E-state index in [-0.39, 0.29) is 18.1 Å². The van der Waals surface area contributed by atoms with Gasteiger partial charge in [-0.3, -0.25) is 4.79 Å². The minimum Gasteiger partial charge on any atom is -0.368 e. The number of aromatic nitrogens is 2. The fourth-order valence-electron chi connectivity index (χ4n) is 3.25. The second-order valence-electron chi connectivity index (χ2n) is 6.50.